The van der Waals surface area contributed by atoms with Gasteiger partial charge >= 0.3 is 0 Å². The lowest BCUT2D eigenvalue weighted by molar-refractivity contribution is 0.102. The number of ketones is 1. The summed E-state index contributed by atoms with van der Waals surface area (Å²) in [4.78, 5) is 12.4. The molecule has 2 aromatic rings. The fourth-order valence-electron chi connectivity index (χ4n) is 1.66. The molecule has 1 heterocycles. The van der Waals surface area contributed by atoms with E-state index in [1.807, 2.05) is 18.2 Å². The summed E-state index contributed by atoms with van der Waals surface area (Å²) in [5, 5.41) is 4.17. The average molecular weight is 309 g/mol. The lowest BCUT2D eigenvalue weighted by Crippen LogP contribution is -2.14. The first-order valence-corrected chi connectivity index (χ1v) is 6.33. The topological polar surface area (TPSA) is 44.1 Å². The van der Waals surface area contributed by atoms with Gasteiger partial charge in [-0.25, -0.2) is 0 Å². The summed E-state index contributed by atoms with van der Waals surface area (Å²) >= 11 is 3.36. The number of halogens is 1. The molecule has 0 atom stereocenters. The number of hydrogen-bond donors (Lipinski definition) is 0. The summed E-state index contributed by atoms with van der Waals surface area (Å²) in [6.45, 7) is 1.07. The molecule has 1 aromatic heterocycles. The van der Waals surface area contributed by atoms with Crippen molar-refractivity contribution in [1.82, 2.24) is 9.78 Å². The second-order valence-corrected chi connectivity index (χ2v) is 4.61. The Kier molecular flexibility index (Phi) is 4.28. The van der Waals surface area contributed by atoms with Crippen LogP contribution >= 0.6 is 15.9 Å². The van der Waals surface area contributed by atoms with Crippen LogP contribution in [0.3, 0.4) is 0 Å². The Bertz CT molecular complexity index is 537. The lowest BCUT2D eigenvalue weighted by atomic mass is 10.1. The first kappa shape index (κ1) is 13.0. The van der Waals surface area contributed by atoms with Gasteiger partial charge in [-0.2, -0.15) is 5.10 Å². The van der Waals surface area contributed by atoms with Crippen molar-refractivity contribution in [3.63, 3.8) is 0 Å². The van der Waals surface area contributed by atoms with Gasteiger partial charge in [0.1, 0.15) is 5.69 Å². The number of ether oxygens (including phenoxy) is 1. The highest BCUT2D eigenvalue weighted by Crippen LogP contribution is 2.19. The van der Waals surface area contributed by atoms with E-state index in [1.165, 1.54) is 0 Å². The van der Waals surface area contributed by atoms with Crippen LogP contribution in [0.4, 0.5) is 0 Å². The largest absolute Gasteiger partial charge is 0.383 e. The maximum absolute atomic E-state index is 12.4. The van der Waals surface area contributed by atoms with Gasteiger partial charge in [0.25, 0.3) is 0 Å². The van der Waals surface area contributed by atoms with Crippen LogP contribution in [0.2, 0.25) is 0 Å². The molecule has 0 radical (unpaired) electrons. The first-order valence-electron chi connectivity index (χ1n) is 5.54. The van der Waals surface area contributed by atoms with Crippen LogP contribution in [-0.4, -0.2) is 29.3 Å². The van der Waals surface area contributed by atoms with Crippen LogP contribution in [0, 0.1) is 0 Å². The fraction of sp³-hybridized carbons (Fsp3) is 0.231. The number of benzene rings is 1. The van der Waals surface area contributed by atoms with E-state index in [2.05, 4.69) is 21.0 Å². The monoisotopic (exact) mass is 308 g/mol. The smallest absolute Gasteiger partial charge is 0.212 e. The number of hydrogen-bond acceptors (Lipinski definition) is 3. The summed E-state index contributed by atoms with van der Waals surface area (Å²) < 4.78 is 7.37. The van der Waals surface area contributed by atoms with Gasteiger partial charge in [0, 0.05) is 12.7 Å². The summed E-state index contributed by atoms with van der Waals surface area (Å²) in [5.74, 6) is -0.0453. The van der Waals surface area contributed by atoms with Crippen LogP contribution in [0.1, 0.15) is 16.1 Å². The summed E-state index contributed by atoms with van der Waals surface area (Å²) in [5.41, 5.74) is 1.20. The van der Waals surface area contributed by atoms with Gasteiger partial charge < -0.3 is 4.74 Å². The Balaban J connectivity index is 2.32. The molecule has 1 aromatic carbocycles. The van der Waals surface area contributed by atoms with Gasteiger partial charge in [0.05, 0.1) is 23.8 Å². The molecular formula is C13H13BrN2O2. The van der Waals surface area contributed by atoms with Crippen molar-refractivity contribution < 1.29 is 9.53 Å². The minimum absolute atomic E-state index is 0.0453. The minimum atomic E-state index is -0.0453. The van der Waals surface area contributed by atoms with Crippen LogP contribution in [0.15, 0.2) is 41.0 Å². The Morgan fingerprint density at radius 3 is 2.78 bits per heavy atom. The fourth-order valence-corrected chi connectivity index (χ4v) is 2.14. The van der Waals surface area contributed by atoms with Crippen LogP contribution < -0.4 is 0 Å². The van der Waals surface area contributed by atoms with E-state index in [9.17, 15) is 4.79 Å². The van der Waals surface area contributed by atoms with E-state index in [4.69, 9.17) is 4.74 Å². The minimum Gasteiger partial charge on any atom is -0.383 e. The van der Waals surface area contributed by atoms with E-state index < -0.39 is 0 Å². The van der Waals surface area contributed by atoms with Crippen molar-refractivity contribution in [1.29, 1.82) is 0 Å². The molecule has 0 aliphatic rings. The van der Waals surface area contributed by atoms with Gasteiger partial charge in [-0.1, -0.05) is 30.3 Å². The number of methoxy groups -OCH3 is 1. The second-order valence-electron chi connectivity index (χ2n) is 3.75. The van der Waals surface area contributed by atoms with Crippen LogP contribution in [-0.2, 0) is 11.3 Å². The molecule has 0 aliphatic heterocycles. The van der Waals surface area contributed by atoms with E-state index in [0.29, 0.717) is 28.9 Å². The molecule has 2 rings (SSSR count). The van der Waals surface area contributed by atoms with Crippen molar-refractivity contribution in [3.8, 4) is 0 Å². The normalized spacial score (nSPS) is 10.6. The molecular weight excluding hydrogens is 296 g/mol. The van der Waals surface area contributed by atoms with Gasteiger partial charge in [-0.05, 0) is 15.9 Å². The summed E-state index contributed by atoms with van der Waals surface area (Å²) in [6.07, 6.45) is 1.63. The van der Waals surface area contributed by atoms with Crippen LogP contribution in [0.25, 0.3) is 0 Å². The van der Waals surface area contributed by atoms with E-state index in [1.54, 1.807) is 30.1 Å². The van der Waals surface area contributed by atoms with Gasteiger partial charge in [-0.15, -0.1) is 0 Å². The summed E-state index contributed by atoms with van der Waals surface area (Å²) in [7, 11) is 1.62. The molecule has 0 fully saturated rings. The number of carbonyl (C=O) groups excluding carboxylic acids is 1. The zero-order valence-corrected chi connectivity index (χ0v) is 11.6. The highest BCUT2D eigenvalue weighted by molar-refractivity contribution is 9.10. The third kappa shape index (κ3) is 2.68. The number of aromatic nitrogens is 2. The van der Waals surface area contributed by atoms with E-state index in [0.717, 1.165) is 0 Å². The molecule has 0 saturated heterocycles. The molecule has 0 N–H and O–H groups in total. The maximum Gasteiger partial charge on any atom is 0.212 e. The third-order valence-corrected chi connectivity index (χ3v) is 3.13. The van der Waals surface area contributed by atoms with Crippen molar-refractivity contribution >= 4 is 21.7 Å². The molecule has 0 bridgehead atoms. The van der Waals surface area contributed by atoms with Crippen molar-refractivity contribution in [3.05, 3.63) is 52.3 Å². The number of carbonyl (C=O) groups is 1. The van der Waals surface area contributed by atoms with Crippen molar-refractivity contribution in [2.24, 2.45) is 0 Å². The standard InChI is InChI=1S/C13H13BrN2O2/c1-18-8-7-16-12(11(14)9-15-16)13(17)10-5-3-2-4-6-10/h2-6,9H,7-8H2,1H3. The molecule has 0 aliphatic carbocycles. The third-order valence-electron chi connectivity index (χ3n) is 2.55. The predicted octanol–water partition coefficient (Wildman–Crippen LogP) is 2.52. The predicted molar refractivity (Wildman–Crippen MR) is 71.7 cm³/mol. The highest BCUT2D eigenvalue weighted by Gasteiger charge is 2.18. The maximum atomic E-state index is 12.4. The Morgan fingerprint density at radius 1 is 1.39 bits per heavy atom. The SMILES string of the molecule is COCCn1ncc(Br)c1C(=O)c1ccccc1. The summed E-state index contributed by atoms with van der Waals surface area (Å²) in [6, 6.07) is 9.16. The molecule has 18 heavy (non-hydrogen) atoms. The Hall–Kier alpha value is -1.46. The zero-order chi connectivity index (χ0) is 13.0. The second kappa shape index (κ2) is 5.93. The number of nitrogens with zero attached hydrogens (tertiary/aromatic N) is 2. The Morgan fingerprint density at radius 2 is 2.11 bits per heavy atom. The van der Waals surface area contributed by atoms with E-state index in [-0.39, 0.29) is 5.78 Å². The first-order chi connectivity index (χ1) is 8.74. The molecule has 0 unspecified atom stereocenters. The quantitative estimate of drug-likeness (QED) is 0.797. The van der Waals surface area contributed by atoms with Crippen molar-refractivity contribution in [2.75, 3.05) is 13.7 Å². The lowest BCUT2D eigenvalue weighted by Gasteiger charge is -2.06. The Labute approximate surface area is 114 Å². The molecule has 94 valence electrons. The average Bonchev–Trinajstić information content (AvgIpc) is 2.77. The van der Waals surface area contributed by atoms with Gasteiger partial charge in [0.15, 0.2) is 0 Å². The molecule has 0 amide bonds. The zero-order valence-electron chi connectivity index (χ0n) is 9.97. The van der Waals surface area contributed by atoms with E-state index >= 15 is 0 Å². The molecule has 0 spiro atoms. The molecule has 0 saturated carbocycles. The molecule has 5 heteroatoms. The van der Waals surface area contributed by atoms with Crippen molar-refractivity contribution in [2.45, 2.75) is 6.54 Å². The van der Waals surface area contributed by atoms with Crippen LogP contribution in [0.5, 0.6) is 0 Å². The highest BCUT2D eigenvalue weighted by atomic mass is 79.9. The van der Waals surface area contributed by atoms with Gasteiger partial charge in [-0.3, -0.25) is 9.48 Å². The molecule has 4 nitrogen and oxygen atoms in total. The number of rotatable bonds is 5. The van der Waals surface area contributed by atoms with Gasteiger partial charge in [0.2, 0.25) is 5.78 Å².